The summed E-state index contributed by atoms with van der Waals surface area (Å²) in [5, 5.41) is 12.1. The van der Waals surface area contributed by atoms with Crippen LogP contribution in [0.1, 0.15) is 0 Å². The van der Waals surface area contributed by atoms with Crippen molar-refractivity contribution in [2.75, 3.05) is 0 Å². The van der Waals surface area contributed by atoms with E-state index < -0.39 is 8.07 Å². The van der Waals surface area contributed by atoms with Crippen molar-refractivity contribution in [1.82, 2.24) is 14.0 Å². The standard InChI is InChI=1S/C62H40N4OSi/c1-68(2)57-32-29-39(36-56(57)65-37-64-54-27-12-11-23-48(54)44-19-7-3-15-40(44)41-16-5-9-21-46(41)52-31-33-58(68)61(65)60(52)64)67-38-28-30-49-51-25-13-24-50-45-20-8-4-17-42(45)43-18-6-10-22-47(43)53-26-14-34-63-62(53)66(59(50)51)55(49)35-38/h3-36H,1-2H3. The molecule has 5 nitrogen and oxygen atoms in total. The maximum absolute atomic E-state index is 7.04. The number of pyridine rings is 1. The van der Waals surface area contributed by atoms with Gasteiger partial charge in [0.15, 0.2) is 0 Å². The predicted molar refractivity (Wildman–Crippen MR) is 282 cm³/mol. The van der Waals surface area contributed by atoms with Crippen LogP contribution in [0.5, 0.6) is 11.5 Å². The number of hydrogen-bond donors (Lipinski definition) is 0. The molecule has 15 rings (SSSR count). The molecule has 68 heavy (non-hydrogen) atoms. The largest absolute Gasteiger partial charge is 0.458 e. The van der Waals surface area contributed by atoms with E-state index in [1.54, 1.807) is 0 Å². The molecule has 0 saturated heterocycles. The highest BCUT2D eigenvalue weighted by Gasteiger charge is 2.38. The topological polar surface area (TPSA) is 35.3 Å². The molecule has 2 aliphatic heterocycles. The first-order chi connectivity index (χ1) is 33.5. The molecule has 0 radical (unpaired) electrons. The molecule has 0 bridgehead atoms. The minimum absolute atomic E-state index is 0.759. The molecule has 0 fully saturated rings. The van der Waals surface area contributed by atoms with Gasteiger partial charge in [-0.15, -0.1) is 0 Å². The Kier molecular flexibility index (Phi) is 7.60. The van der Waals surface area contributed by atoms with Crippen molar-refractivity contribution in [3.8, 4) is 56.3 Å². The van der Waals surface area contributed by atoms with Crippen molar-refractivity contribution in [3.05, 3.63) is 213 Å². The highest BCUT2D eigenvalue weighted by atomic mass is 28.3. The first-order valence-corrected chi connectivity index (χ1v) is 26.4. The third kappa shape index (κ3) is 5.04. The summed E-state index contributed by atoms with van der Waals surface area (Å²) in [6, 6.07) is 73.0. The molecule has 318 valence electrons. The first kappa shape index (κ1) is 37.6. The Bertz CT molecular complexity index is 4410. The van der Waals surface area contributed by atoms with Gasteiger partial charge in [-0.2, -0.15) is 0 Å². The average molecular weight is 885 g/mol. The van der Waals surface area contributed by atoms with Gasteiger partial charge in [-0.1, -0.05) is 165 Å². The van der Waals surface area contributed by atoms with Crippen LogP contribution in [0.25, 0.3) is 116 Å². The highest BCUT2D eigenvalue weighted by Crippen LogP contribution is 2.44. The molecule has 0 amide bonds. The monoisotopic (exact) mass is 884 g/mol. The zero-order valence-corrected chi connectivity index (χ0v) is 38.3. The zero-order chi connectivity index (χ0) is 44.8. The molecule has 0 aliphatic carbocycles. The summed E-state index contributed by atoms with van der Waals surface area (Å²) < 4.78 is 14.1. The molecule has 6 heteroatoms. The summed E-state index contributed by atoms with van der Waals surface area (Å²) in [6.07, 6.45) is 5.88. The van der Waals surface area contributed by atoms with Crippen LogP contribution in [0.3, 0.4) is 0 Å². The number of ether oxygens (including phenoxy) is 1. The second-order valence-corrected chi connectivity index (χ2v) is 23.2. The van der Waals surface area contributed by atoms with Crippen LogP contribution in [-0.2, 0) is 0 Å². The van der Waals surface area contributed by atoms with Gasteiger partial charge in [-0.25, -0.2) is 4.98 Å². The van der Waals surface area contributed by atoms with E-state index in [0.29, 0.717) is 0 Å². The minimum Gasteiger partial charge on any atom is -0.458 e. The second-order valence-electron chi connectivity index (χ2n) is 18.8. The van der Waals surface area contributed by atoms with Gasteiger partial charge < -0.3 is 4.74 Å². The van der Waals surface area contributed by atoms with E-state index in [9.17, 15) is 0 Å². The van der Waals surface area contributed by atoms with Crippen LogP contribution >= 0.6 is 0 Å². The molecular formula is C62H40N4OSi. The van der Waals surface area contributed by atoms with Crippen LogP contribution in [0, 0.1) is 6.33 Å². The lowest BCUT2D eigenvalue weighted by Gasteiger charge is -2.33. The molecule has 0 atom stereocenters. The van der Waals surface area contributed by atoms with E-state index in [2.05, 4.69) is 227 Å². The summed E-state index contributed by atoms with van der Waals surface area (Å²) >= 11 is 0. The number of aromatic nitrogens is 4. The van der Waals surface area contributed by atoms with Crippen LogP contribution in [0.15, 0.2) is 206 Å². The highest BCUT2D eigenvalue weighted by molar-refractivity contribution is 7.02. The maximum Gasteiger partial charge on any atom is 0.269 e. The third-order valence-corrected chi connectivity index (χ3v) is 18.5. The SMILES string of the molecule is C[Si]1(C)c2ccc(Oc3ccc4c5cccc6c7ccccc7c7ccccc7c7cccnc7n(c4c3)c65)cc2-n2[c-][n+]3c4c(ccc1c42)-c1ccccc1-c1ccccc1-c1ccccc1-3. The van der Waals surface area contributed by atoms with Crippen molar-refractivity contribution in [2.45, 2.75) is 13.1 Å². The van der Waals surface area contributed by atoms with Gasteiger partial charge in [0.25, 0.3) is 6.33 Å². The number of benzene rings is 9. The molecule has 6 heterocycles. The van der Waals surface area contributed by atoms with Gasteiger partial charge in [-0.05, 0) is 108 Å². The van der Waals surface area contributed by atoms with E-state index in [0.717, 1.165) is 55.7 Å². The Morgan fingerprint density at radius 1 is 0.456 bits per heavy atom. The van der Waals surface area contributed by atoms with Gasteiger partial charge in [0.1, 0.15) is 25.2 Å². The maximum atomic E-state index is 7.04. The lowest BCUT2D eigenvalue weighted by atomic mass is 9.89. The Morgan fingerprint density at radius 2 is 1.00 bits per heavy atom. The summed E-state index contributed by atoms with van der Waals surface area (Å²) in [4.78, 5) is 5.18. The predicted octanol–water partition coefficient (Wildman–Crippen LogP) is 13.9. The molecule has 0 N–H and O–H groups in total. The van der Waals surface area contributed by atoms with Crippen molar-refractivity contribution in [2.24, 2.45) is 0 Å². The molecule has 0 unspecified atom stereocenters. The summed E-state index contributed by atoms with van der Waals surface area (Å²) in [6.45, 7) is 4.97. The van der Waals surface area contributed by atoms with Gasteiger partial charge in [-0.3, -0.25) is 13.5 Å². The third-order valence-electron chi connectivity index (χ3n) is 14.9. The summed E-state index contributed by atoms with van der Waals surface area (Å²) in [5.74, 6) is 1.53. The molecular weight excluding hydrogens is 845 g/mol. The van der Waals surface area contributed by atoms with E-state index in [1.807, 2.05) is 12.3 Å². The fourth-order valence-electron chi connectivity index (χ4n) is 11.9. The van der Waals surface area contributed by atoms with E-state index >= 15 is 0 Å². The van der Waals surface area contributed by atoms with Gasteiger partial charge >= 0.3 is 0 Å². The number of rotatable bonds is 2. The van der Waals surface area contributed by atoms with Crippen LogP contribution in [-0.4, -0.2) is 22.0 Å². The normalized spacial score (nSPS) is 13.3. The Labute approximate surface area is 392 Å². The quantitative estimate of drug-likeness (QED) is 0.0985. The van der Waals surface area contributed by atoms with E-state index in [-0.39, 0.29) is 0 Å². The molecule has 4 aromatic heterocycles. The van der Waals surface area contributed by atoms with Gasteiger partial charge in [0.05, 0.1) is 33.4 Å². The van der Waals surface area contributed by atoms with Crippen LogP contribution in [0.2, 0.25) is 13.1 Å². The number of imidazole rings is 1. The van der Waals surface area contributed by atoms with Crippen LogP contribution in [0.4, 0.5) is 0 Å². The number of fused-ring (bicyclic) bond motifs is 19. The van der Waals surface area contributed by atoms with Crippen molar-refractivity contribution in [3.63, 3.8) is 0 Å². The van der Waals surface area contributed by atoms with Crippen molar-refractivity contribution in [1.29, 1.82) is 0 Å². The molecule has 0 saturated carbocycles. The fraction of sp³-hybridized carbons (Fsp3) is 0.0323. The Hall–Kier alpha value is -8.58. The van der Waals surface area contributed by atoms with E-state index in [1.165, 1.54) is 81.7 Å². The zero-order valence-electron chi connectivity index (χ0n) is 37.3. The molecule has 0 spiro atoms. The average Bonchev–Trinajstić information content (AvgIpc) is 3.96. The fourth-order valence-corrected chi connectivity index (χ4v) is 14.8. The molecule has 2 aliphatic rings. The molecule has 9 aromatic carbocycles. The second kappa shape index (κ2) is 13.7. The lowest BCUT2D eigenvalue weighted by Crippen LogP contribution is -2.57. The lowest BCUT2D eigenvalue weighted by molar-refractivity contribution is -0.571. The van der Waals surface area contributed by atoms with Crippen molar-refractivity contribution >= 4 is 89.3 Å². The number of hydrogen-bond acceptors (Lipinski definition) is 2. The number of nitrogens with zero attached hydrogens (tertiary/aromatic N) is 4. The number of para-hydroxylation sites is 2. The van der Waals surface area contributed by atoms with Gasteiger partial charge in [0, 0.05) is 33.8 Å². The minimum atomic E-state index is -2.25. The summed E-state index contributed by atoms with van der Waals surface area (Å²) in [7, 11) is -2.25. The summed E-state index contributed by atoms with van der Waals surface area (Å²) in [5.41, 5.74) is 14.9. The van der Waals surface area contributed by atoms with Gasteiger partial charge in [0.2, 0.25) is 0 Å². The Morgan fingerprint density at radius 3 is 1.74 bits per heavy atom. The van der Waals surface area contributed by atoms with E-state index in [4.69, 9.17) is 9.72 Å². The Balaban J connectivity index is 0.962. The van der Waals surface area contributed by atoms with Crippen molar-refractivity contribution < 1.29 is 9.30 Å². The van der Waals surface area contributed by atoms with Crippen LogP contribution < -0.4 is 19.7 Å². The first-order valence-electron chi connectivity index (χ1n) is 23.4. The smallest absolute Gasteiger partial charge is 0.269 e. The molecule has 13 aromatic rings.